The molecule has 0 saturated heterocycles. The van der Waals surface area contributed by atoms with E-state index < -0.39 is 13.9 Å². The lowest BCUT2D eigenvalue weighted by Gasteiger charge is -2.33. The fraction of sp³-hybridized carbons (Fsp3) is 0.739. The first-order valence-electron chi connectivity index (χ1n) is 11.0. The number of rotatable bonds is 15. The smallest absolute Gasteiger partial charge is 0.198 e. The highest BCUT2D eigenvalue weighted by atomic mass is 79.9. The van der Waals surface area contributed by atoms with Gasteiger partial charge in [0.05, 0.1) is 23.4 Å². The van der Waals surface area contributed by atoms with Crippen molar-refractivity contribution < 1.29 is 31.7 Å². The van der Waals surface area contributed by atoms with E-state index in [1.807, 2.05) is 12.3 Å². The molecule has 0 spiro atoms. The number of aliphatic hydroxyl groups excluding tert-OH is 1. The Bertz CT molecular complexity index is 608. The second kappa shape index (κ2) is 14.8. The summed E-state index contributed by atoms with van der Waals surface area (Å²) in [6.45, 7) is 10.4. The predicted octanol–water partition coefficient (Wildman–Crippen LogP) is 3.15. The van der Waals surface area contributed by atoms with Gasteiger partial charge in [-0.05, 0) is 49.6 Å². The summed E-state index contributed by atoms with van der Waals surface area (Å²) < 4.78 is 0. The molecule has 0 aliphatic heterocycles. The van der Waals surface area contributed by atoms with Crippen molar-refractivity contribution in [2.45, 2.75) is 85.2 Å². The van der Waals surface area contributed by atoms with Crippen molar-refractivity contribution in [3.63, 3.8) is 0 Å². The summed E-state index contributed by atoms with van der Waals surface area (Å²) in [4.78, 5) is 26.1. The zero-order valence-electron chi connectivity index (χ0n) is 18.9. The molecule has 0 amide bonds. The summed E-state index contributed by atoms with van der Waals surface area (Å²) in [5.74, 6) is 0.0303. The summed E-state index contributed by atoms with van der Waals surface area (Å²) in [6.07, 6.45) is 11.2. The maximum Gasteiger partial charge on any atom is 0.198 e. The SMILES string of the molecule is CCCC[P+](CCCC)(CCCC)C(C)C(=O)Cc1c(C)csc1C(=O)CO.[Br-]. The van der Waals surface area contributed by atoms with Crippen LogP contribution in [0.4, 0.5) is 0 Å². The Morgan fingerprint density at radius 2 is 1.52 bits per heavy atom. The van der Waals surface area contributed by atoms with Crippen LogP contribution in [0.25, 0.3) is 0 Å². The highest BCUT2D eigenvalue weighted by Gasteiger charge is 2.45. The molecule has 1 atom stereocenters. The van der Waals surface area contributed by atoms with Gasteiger partial charge in [0.2, 0.25) is 0 Å². The van der Waals surface area contributed by atoms with Crippen LogP contribution in [0.3, 0.4) is 0 Å². The number of Topliss-reactive ketones (excluding diaryl/α,β-unsaturated/α-hetero) is 2. The zero-order valence-corrected chi connectivity index (χ0v) is 22.2. The minimum Gasteiger partial charge on any atom is -1.00 e. The van der Waals surface area contributed by atoms with Crippen molar-refractivity contribution >= 4 is 30.2 Å². The minimum atomic E-state index is -1.35. The van der Waals surface area contributed by atoms with Crippen LogP contribution >= 0.6 is 18.6 Å². The van der Waals surface area contributed by atoms with E-state index in [0.717, 1.165) is 11.1 Å². The lowest BCUT2D eigenvalue weighted by Crippen LogP contribution is -3.00. The van der Waals surface area contributed by atoms with Crippen molar-refractivity contribution in [2.24, 2.45) is 0 Å². The van der Waals surface area contributed by atoms with E-state index in [4.69, 9.17) is 0 Å². The van der Waals surface area contributed by atoms with Crippen molar-refractivity contribution in [3.8, 4) is 0 Å². The summed E-state index contributed by atoms with van der Waals surface area (Å²) >= 11 is 1.36. The molecule has 1 heterocycles. The number of ketones is 2. The number of unbranched alkanes of at least 4 members (excludes halogenated alkanes) is 3. The molecule has 0 fully saturated rings. The van der Waals surface area contributed by atoms with Gasteiger partial charge in [0.15, 0.2) is 11.6 Å². The lowest BCUT2D eigenvalue weighted by molar-refractivity contribution is -0.117. The molecular formula is C23H40BrO3PS. The quantitative estimate of drug-likeness (QED) is 0.293. The molecule has 0 aliphatic carbocycles. The molecule has 1 rings (SSSR count). The topological polar surface area (TPSA) is 54.4 Å². The first-order valence-corrected chi connectivity index (χ1v) is 14.3. The highest BCUT2D eigenvalue weighted by Crippen LogP contribution is 2.65. The van der Waals surface area contributed by atoms with Gasteiger partial charge >= 0.3 is 0 Å². The van der Waals surface area contributed by atoms with Crippen LogP contribution in [0.15, 0.2) is 5.38 Å². The van der Waals surface area contributed by atoms with Crippen LogP contribution in [0, 0.1) is 6.92 Å². The van der Waals surface area contributed by atoms with Crippen LogP contribution in [-0.4, -0.2) is 47.4 Å². The van der Waals surface area contributed by atoms with Crippen molar-refractivity contribution in [1.29, 1.82) is 0 Å². The number of carbonyl (C=O) groups is 2. The molecule has 0 aromatic carbocycles. The van der Waals surface area contributed by atoms with Crippen LogP contribution in [-0.2, 0) is 11.2 Å². The molecule has 29 heavy (non-hydrogen) atoms. The van der Waals surface area contributed by atoms with Crippen LogP contribution in [0.5, 0.6) is 0 Å². The summed E-state index contributed by atoms with van der Waals surface area (Å²) in [5.41, 5.74) is 1.95. The Morgan fingerprint density at radius 1 is 1.03 bits per heavy atom. The third-order valence-corrected chi connectivity index (χ3v) is 12.7. The first kappa shape index (κ1) is 28.9. The van der Waals surface area contributed by atoms with E-state index in [1.54, 1.807) is 0 Å². The lowest BCUT2D eigenvalue weighted by atomic mass is 10.0. The zero-order chi connectivity index (χ0) is 21.2. The van der Waals surface area contributed by atoms with E-state index in [-0.39, 0.29) is 28.4 Å². The molecule has 1 N–H and O–H groups in total. The Kier molecular flexibility index (Phi) is 14.8. The van der Waals surface area contributed by atoms with Gasteiger partial charge in [0, 0.05) is 13.7 Å². The van der Waals surface area contributed by atoms with Crippen LogP contribution < -0.4 is 17.0 Å². The molecule has 1 unspecified atom stereocenters. The third kappa shape index (κ3) is 8.16. The fourth-order valence-electron chi connectivity index (χ4n) is 3.96. The summed E-state index contributed by atoms with van der Waals surface area (Å²) in [7, 11) is -1.35. The van der Waals surface area contributed by atoms with E-state index in [1.165, 1.54) is 68.3 Å². The van der Waals surface area contributed by atoms with E-state index >= 15 is 0 Å². The number of thiophene rings is 1. The van der Waals surface area contributed by atoms with Gasteiger partial charge in [-0.3, -0.25) is 9.59 Å². The molecular weight excluding hydrogens is 467 g/mol. The highest BCUT2D eigenvalue weighted by molar-refractivity contribution is 7.77. The Balaban J connectivity index is 0.00000784. The molecule has 0 radical (unpaired) electrons. The standard InChI is InChI=1S/C23H40O3PS.BrH/c1-6-9-12-27(13-10-7-2,14-11-8-3)19(5)21(25)15-20-18(4)17-28-23(20)22(26)16-24;/h17,19,24H,6-16H2,1-5H3;1H/q+1;/p-1. The maximum atomic E-state index is 13.4. The third-order valence-electron chi connectivity index (χ3n) is 6.01. The maximum absolute atomic E-state index is 13.4. The van der Waals surface area contributed by atoms with Crippen LogP contribution in [0.1, 0.15) is 87.0 Å². The molecule has 0 bridgehead atoms. The summed E-state index contributed by atoms with van der Waals surface area (Å²) in [5, 5.41) is 11.2. The number of hydrogen-bond donors (Lipinski definition) is 1. The normalized spacial score (nSPS) is 12.5. The van der Waals surface area contributed by atoms with Gasteiger partial charge in [-0.2, -0.15) is 0 Å². The molecule has 0 aliphatic rings. The number of hydrogen-bond acceptors (Lipinski definition) is 4. The van der Waals surface area contributed by atoms with Gasteiger partial charge in [-0.25, -0.2) is 0 Å². The number of aryl methyl sites for hydroxylation is 1. The van der Waals surface area contributed by atoms with Crippen molar-refractivity contribution in [3.05, 3.63) is 21.4 Å². The first-order chi connectivity index (χ1) is 13.4. The van der Waals surface area contributed by atoms with Gasteiger partial charge in [-0.15, -0.1) is 11.3 Å². The Morgan fingerprint density at radius 3 is 1.93 bits per heavy atom. The van der Waals surface area contributed by atoms with Gasteiger partial charge < -0.3 is 22.1 Å². The fourth-order valence-corrected chi connectivity index (χ4v) is 10.3. The Labute approximate surface area is 193 Å². The molecule has 6 heteroatoms. The minimum absolute atomic E-state index is 0. The second-order valence-electron chi connectivity index (χ2n) is 8.08. The molecule has 0 saturated carbocycles. The molecule has 3 nitrogen and oxygen atoms in total. The van der Waals surface area contributed by atoms with Crippen LogP contribution in [0.2, 0.25) is 0 Å². The van der Waals surface area contributed by atoms with Crippen molar-refractivity contribution in [2.75, 3.05) is 25.1 Å². The summed E-state index contributed by atoms with van der Waals surface area (Å²) in [6, 6.07) is 0. The van der Waals surface area contributed by atoms with Gasteiger partial charge in [0.1, 0.15) is 12.3 Å². The number of aliphatic hydroxyl groups is 1. The van der Waals surface area contributed by atoms with E-state index in [9.17, 15) is 14.7 Å². The number of halogens is 1. The molecule has 1 aromatic rings. The van der Waals surface area contributed by atoms with E-state index in [2.05, 4.69) is 27.7 Å². The molecule has 168 valence electrons. The average molecular weight is 508 g/mol. The van der Waals surface area contributed by atoms with Gasteiger partial charge in [-0.1, -0.05) is 40.0 Å². The number of carbonyl (C=O) groups excluding carboxylic acids is 2. The average Bonchev–Trinajstić information content (AvgIpc) is 3.06. The van der Waals surface area contributed by atoms with E-state index in [0.29, 0.717) is 17.1 Å². The monoisotopic (exact) mass is 506 g/mol. The second-order valence-corrected chi connectivity index (χ2v) is 13.5. The van der Waals surface area contributed by atoms with Gasteiger partial charge in [0.25, 0.3) is 0 Å². The molecule has 1 aromatic heterocycles. The Hall–Kier alpha value is -0.0900. The van der Waals surface area contributed by atoms with Crippen molar-refractivity contribution in [1.82, 2.24) is 0 Å². The largest absolute Gasteiger partial charge is 1.00 e. The predicted molar refractivity (Wildman–Crippen MR) is 125 cm³/mol.